The molecule has 0 aromatic carbocycles. The van der Waals surface area contributed by atoms with Crippen molar-refractivity contribution in [1.29, 1.82) is 0 Å². The fraction of sp³-hybridized carbons (Fsp3) is 0.737. The number of ether oxygens (including phenoxy) is 3. The fourth-order valence-corrected chi connectivity index (χ4v) is 4.59. The molecule has 0 aromatic rings. The number of hydrogen-bond donors (Lipinski definition) is 0. The second kappa shape index (κ2) is 5.48. The Balaban J connectivity index is 1.62. The van der Waals surface area contributed by atoms with Crippen LogP contribution in [0.25, 0.3) is 0 Å². The van der Waals surface area contributed by atoms with Crippen molar-refractivity contribution in [2.24, 2.45) is 5.92 Å². The summed E-state index contributed by atoms with van der Waals surface area (Å²) in [4.78, 5) is 37.1. The van der Waals surface area contributed by atoms with Crippen LogP contribution in [0, 0.1) is 5.92 Å². The summed E-state index contributed by atoms with van der Waals surface area (Å²) in [5, 5.41) is 0. The van der Waals surface area contributed by atoms with Gasteiger partial charge in [0.2, 0.25) is 0 Å². The summed E-state index contributed by atoms with van der Waals surface area (Å²) in [5.41, 5.74) is -0.673. The molecule has 0 aromatic heterocycles. The number of epoxide rings is 1. The van der Waals surface area contributed by atoms with Crippen molar-refractivity contribution in [2.75, 3.05) is 0 Å². The van der Waals surface area contributed by atoms with Crippen LogP contribution in [-0.4, -0.2) is 47.0 Å². The maximum absolute atomic E-state index is 12.5. The number of allylic oxidation sites excluding steroid dienone is 1. The Labute approximate surface area is 146 Å². The zero-order valence-electron chi connectivity index (χ0n) is 14.7. The van der Waals surface area contributed by atoms with Crippen LogP contribution in [0.3, 0.4) is 0 Å². The summed E-state index contributed by atoms with van der Waals surface area (Å²) in [6, 6.07) is 0. The van der Waals surface area contributed by atoms with Gasteiger partial charge in [-0.15, -0.1) is 0 Å². The highest BCUT2D eigenvalue weighted by Crippen LogP contribution is 2.53. The largest absolute Gasteiger partial charge is 0.457 e. The highest BCUT2D eigenvalue weighted by Gasteiger charge is 2.73. The van der Waals surface area contributed by atoms with Gasteiger partial charge in [-0.1, -0.05) is 12.2 Å². The van der Waals surface area contributed by atoms with Crippen LogP contribution in [0.1, 0.15) is 52.4 Å². The van der Waals surface area contributed by atoms with E-state index in [0.717, 1.165) is 5.57 Å². The predicted octanol–water partition coefficient (Wildman–Crippen LogP) is 1.89. The number of fused-ring (bicyclic) bond motifs is 2. The van der Waals surface area contributed by atoms with Crippen molar-refractivity contribution >= 4 is 17.5 Å². The second-order valence-corrected chi connectivity index (χ2v) is 8.30. The third-order valence-corrected chi connectivity index (χ3v) is 6.10. The fourth-order valence-electron chi connectivity index (χ4n) is 4.59. The van der Waals surface area contributed by atoms with Crippen LogP contribution in [0.15, 0.2) is 12.2 Å². The normalized spacial score (nSPS) is 46.6. The molecule has 0 N–H and O–H groups in total. The van der Waals surface area contributed by atoms with Gasteiger partial charge in [-0.3, -0.25) is 9.59 Å². The summed E-state index contributed by atoms with van der Waals surface area (Å²) in [6.45, 7) is 7.72. The van der Waals surface area contributed by atoms with Crippen molar-refractivity contribution in [1.82, 2.24) is 0 Å². The van der Waals surface area contributed by atoms with E-state index in [4.69, 9.17) is 14.2 Å². The van der Waals surface area contributed by atoms with Crippen molar-refractivity contribution < 1.29 is 28.6 Å². The molecule has 6 atom stereocenters. The van der Waals surface area contributed by atoms with E-state index < -0.39 is 17.3 Å². The Kier molecular flexibility index (Phi) is 3.71. The Morgan fingerprint density at radius 3 is 2.64 bits per heavy atom. The average Bonchev–Trinajstić information content (AvgIpc) is 3.10. The second-order valence-electron chi connectivity index (χ2n) is 8.30. The summed E-state index contributed by atoms with van der Waals surface area (Å²) in [7, 11) is 0. The summed E-state index contributed by atoms with van der Waals surface area (Å²) < 4.78 is 17.3. The molecular formula is C19H24O6. The van der Waals surface area contributed by atoms with E-state index in [-0.39, 0.29) is 48.5 Å². The molecule has 0 saturated carbocycles. The minimum Gasteiger partial charge on any atom is -0.457 e. The van der Waals surface area contributed by atoms with Crippen molar-refractivity contribution in [3.8, 4) is 0 Å². The first-order valence-corrected chi connectivity index (χ1v) is 8.99. The minimum absolute atomic E-state index is 0.00773. The molecule has 0 unspecified atom stereocenters. The lowest BCUT2D eigenvalue weighted by atomic mass is 9.84. The van der Waals surface area contributed by atoms with Gasteiger partial charge in [0, 0.05) is 25.7 Å². The van der Waals surface area contributed by atoms with Crippen molar-refractivity contribution in [3.05, 3.63) is 12.2 Å². The average molecular weight is 348 g/mol. The van der Waals surface area contributed by atoms with Crippen LogP contribution >= 0.6 is 0 Å². The smallest absolute Gasteiger partial charge is 0.341 e. The summed E-state index contributed by atoms with van der Waals surface area (Å²) in [5.74, 6) is -0.390. The number of carbonyl (C=O) groups excluding carboxylic acids is 3. The molecular weight excluding hydrogens is 324 g/mol. The standard InChI is InChI=1S/C19H24O6/c1-10(2)11-4-5-19-16(25-19)15(23-17(19)22)9-18(3)8-13(21)14(24-18)7-12(20)6-11/h11,14-16H,1,4-9H2,2-3H3/t11-,14+,15+,16-,18+,19-/m0/s1. The lowest BCUT2D eigenvalue weighted by Gasteiger charge is -2.27. The SMILES string of the molecule is C=C(C)[C@H]1CC[C@]23O[C@H]2[C@@H](C[C@@]2(C)CC(=O)[C@@H](CC(=O)C1)O2)OC3=O. The topological polar surface area (TPSA) is 82.2 Å². The molecule has 0 spiro atoms. The third-order valence-electron chi connectivity index (χ3n) is 6.10. The van der Waals surface area contributed by atoms with Crippen LogP contribution in [-0.2, 0) is 28.6 Å². The lowest BCUT2D eigenvalue weighted by molar-refractivity contribution is -0.158. The first-order chi connectivity index (χ1) is 11.7. The zero-order valence-corrected chi connectivity index (χ0v) is 14.7. The molecule has 25 heavy (non-hydrogen) atoms. The number of esters is 1. The van der Waals surface area contributed by atoms with E-state index in [1.54, 1.807) is 0 Å². The molecule has 4 fully saturated rings. The molecule has 4 aliphatic heterocycles. The maximum Gasteiger partial charge on any atom is 0.341 e. The van der Waals surface area contributed by atoms with Gasteiger partial charge >= 0.3 is 5.97 Å². The van der Waals surface area contributed by atoms with E-state index in [9.17, 15) is 14.4 Å². The van der Waals surface area contributed by atoms with Gasteiger partial charge in [0.25, 0.3) is 0 Å². The Morgan fingerprint density at radius 1 is 1.20 bits per heavy atom. The first-order valence-electron chi connectivity index (χ1n) is 8.99. The van der Waals surface area contributed by atoms with E-state index in [1.165, 1.54) is 0 Å². The Hall–Kier alpha value is -1.53. The number of ketones is 2. The number of Topliss-reactive ketones (excluding diaryl/α,β-unsaturated/α-hetero) is 2. The van der Waals surface area contributed by atoms with Crippen molar-refractivity contribution in [3.63, 3.8) is 0 Å². The number of carbonyl (C=O) groups is 3. The summed E-state index contributed by atoms with van der Waals surface area (Å²) in [6.07, 6.45) is 0.945. The molecule has 4 aliphatic rings. The van der Waals surface area contributed by atoms with Crippen LogP contribution < -0.4 is 0 Å². The van der Waals surface area contributed by atoms with Crippen LogP contribution in [0.5, 0.6) is 0 Å². The maximum atomic E-state index is 12.5. The Bertz CT molecular complexity index is 669. The molecule has 136 valence electrons. The van der Waals surface area contributed by atoms with Gasteiger partial charge < -0.3 is 14.2 Å². The van der Waals surface area contributed by atoms with Gasteiger partial charge in [-0.25, -0.2) is 4.79 Å². The molecule has 4 saturated heterocycles. The molecule has 6 nitrogen and oxygen atoms in total. The van der Waals surface area contributed by atoms with Gasteiger partial charge in [0.05, 0.1) is 5.60 Å². The monoisotopic (exact) mass is 348 g/mol. The third kappa shape index (κ3) is 2.75. The summed E-state index contributed by atoms with van der Waals surface area (Å²) >= 11 is 0. The predicted molar refractivity (Wildman–Crippen MR) is 86.8 cm³/mol. The molecule has 0 aliphatic carbocycles. The van der Waals surface area contributed by atoms with Crippen LogP contribution in [0.2, 0.25) is 0 Å². The van der Waals surface area contributed by atoms with E-state index in [0.29, 0.717) is 25.7 Å². The van der Waals surface area contributed by atoms with E-state index in [2.05, 4.69) is 6.58 Å². The van der Waals surface area contributed by atoms with Gasteiger partial charge in [-0.2, -0.15) is 0 Å². The highest BCUT2D eigenvalue weighted by molar-refractivity contribution is 5.92. The highest BCUT2D eigenvalue weighted by atomic mass is 16.7. The van der Waals surface area contributed by atoms with E-state index in [1.807, 2.05) is 13.8 Å². The molecule has 4 heterocycles. The molecule has 4 rings (SSSR count). The first kappa shape index (κ1) is 16.9. The van der Waals surface area contributed by atoms with Gasteiger partial charge in [0.1, 0.15) is 24.1 Å². The van der Waals surface area contributed by atoms with E-state index >= 15 is 0 Å². The van der Waals surface area contributed by atoms with Crippen LogP contribution in [0.4, 0.5) is 0 Å². The molecule has 0 radical (unpaired) electrons. The van der Waals surface area contributed by atoms with Gasteiger partial charge in [0.15, 0.2) is 11.4 Å². The Morgan fingerprint density at radius 2 is 1.96 bits per heavy atom. The lowest BCUT2D eigenvalue weighted by Crippen LogP contribution is -2.33. The minimum atomic E-state index is -0.867. The van der Waals surface area contributed by atoms with Gasteiger partial charge in [-0.05, 0) is 32.6 Å². The number of rotatable bonds is 1. The molecule has 0 amide bonds. The molecule has 4 bridgehead atoms. The zero-order chi connectivity index (χ0) is 18.0. The van der Waals surface area contributed by atoms with Crippen molar-refractivity contribution in [2.45, 2.75) is 81.9 Å². The quantitative estimate of drug-likeness (QED) is 0.409. The number of hydrogen-bond acceptors (Lipinski definition) is 6. The molecule has 6 heteroatoms.